The van der Waals surface area contributed by atoms with Crippen LogP contribution in [0.1, 0.15) is 32.3 Å². The minimum atomic E-state index is 0.787. The molecule has 0 spiro atoms. The minimum absolute atomic E-state index is 0.787. The minimum Gasteiger partial charge on any atom is -0.361 e. The van der Waals surface area contributed by atoms with Crippen molar-refractivity contribution in [3.8, 4) is 0 Å². The van der Waals surface area contributed by atoms with Gasteiger partial charge in [0.2, 0.25) is 0 Å². The number of hydrogen-bond acceptors (Lipinski definition) is 0. The summed E-state index contributed by atoms with van der Waals surface area (Å²) in [5.74, 6) is 0.787. The SMILES string of the molecule is CCCC(C)Cc1cccc2[nH]ccc12. The lowest BCUT2D eigenvalue weighted by molar-refractivity contribution is 0.524. The summed E-state index contributed by atoms with van der Waals surface area (Å²) in [5.41, 5.74) is 2.74. The molecular weight excluding hydrogens is 182 g/mol. The van der Waals surface area contributed by atoms with E-state index in [0.29, 0.717) is 0 Å². The van der Waals surface area contributed by atoms with E-state index in [2.05, 4.69) is 43.1 Å². The van der Waals surface area contributed by atoms with Crippen molar-refractivity contribution in [2.24, 2.45) is 5.92 Å². The molecule has 1 atom stereocenters. The Kier molecular flexibility index (Phi) is 3.10. The van der Waals surface area contributed by atoms with Crippen molar-refractivity contribution in [1.82, 2.24) is 4.98 Å². The highest BCUT2D eigenvalue weighted by atomic mass is 14.7. The van der Waals surface area contributed by atoms with Crippen molar-refractivity contribution in [3.63, 3.8) is 0 Å². The third-order valence-electron chi connectivity index (χ3n) is 3.04. The lowest BCUT2D eigenvalue weighted by Gasteiger charge is -2.10. The van der Waals surface area contributed by atoms with Gasteiger partial charge in [0.15, 0.2) is 0 Å². The second kappa shape index (κ2) is 4.52. The Morgan fingerprint density at radius 3 is 2.93 bits per heavy atom. The van der Waals surface area contributed by atoms with E-state index in [9.17, 15) is 0 Å². The third-order valence-corrected chi connectivity index (χ3v) is 3.04. The van der Waals surface area contributed by atoms with Crippen LogP contribution in [0, 0.1) is 5.92 Å². The molecule has 1 aromatic carbocycles. The zero-order valence-electron chi connectivity index (χ0n) is 9.59. The molecule has 1 aromatic heterocycles. The van der Waals surface area contributed by atoms with Crippen molar-refractivity contribution in [1.29, 1.82) is 0 Å². The van der Waals surface area contributed by atoms with Crippen LogP contribution in [-0.4, -0.2) is 4.98 Å². The Hall–Kier alpha value is -1.24. The fourth-order valence-electron chi connectivity index (χ4n) is 2.30. The Balaban J connectivity index is 2.23. The molecule has 0 saturated carbocycles. The fraction of sp³-hybridized carbons (Fsp3) is 0.429. The summed E-state index contributed by atoms with van der Waals surface area (Å²) in [4.78, 5) is 3.27. The van der Waals surface area contributed by atoms with Crippen molar-refractivity contribution in [2.45, 2.75) is 33.1 Å². The highest BCUT2D eigenvalue weighted by molar-refractivity contribution is 5.82. The van der Waals surface area contributed by atoms with Crippen molar-refractivity contribution in [3.05, 3.63) is 36.0 Å². The number of rotatable bonds is 4. The van der Waals surface area contributed by atoms with Crippen molar-refractivity contribution in [2.75, 3.05) is 0 Å². The molecule has 0 aliphatic rings. The van der Waals surface area contributed by atoms with Gasteiger partial charge in [-0.3, -0.25) is 0 Å². The quantitative estimate of drug-likeness (QED) is 0.765. The Bertz CT molecular complexity index is 428. The monoisotopic (exact) mass is 201 g/mol. The molecule has 0 amide bonds. The number of aromatic amines is 1. The summed E-state index contributed by atoms with van der Waals surface area (Å²) in [7, 11) is 0. The van der Waals surface area contributed by atoms with Gasteiger partial charge >= 0.3 is 0 Å². The summed E-state index contributed by atoms with van der Waals surface area (Å²) in [5, 5.41) is 1.39. The highest BCUT2D eigenvalue weighted by Gasteiger charge is 2.06. The van der Waals surface area contributed by atoms with Gasteiger partial charge in [-0.25, -0.2) is 0 Å². The van der Waals surface area contributed by atoms with E-state index >= 15 is 0 Å². The van der Waals surface area contributed by atoms with Gasteiger partial charge in [0, 0.05) is 17.1 Å². The summed E-state index contributed by atoms with van der Waals surface area (Å²) in [6, 6.07) is 8.72. The van der Waals surface area contributed by atoms with Gasteiger partial charge in [0.25, 0.3) is 0 Å². The van der Waals surface area contributed by atoms with Crippen LogP contribution in [0.25, 0.3) is 10.9 Å². The van der Waals surface area contributed by atoms with Crippen LogP contribution in [0.2, 0.25) is 0 Å². The second-order valence-corrected chi connectivity index (χ2v) is 4.45. The highest BCUT2D eigenvalue weighted by Crippen LogP contribution is 2.21. The second-order valence-electron chi connectivity index (χ2n) is 4.45. The van der Waals surface area contributed by atoms with E-state index in [1.807, 2.05) is 6.20 Å². The number of hydrogen-bond donors (Lipinski definition) is 1. The normalized spacial score (nSPS) is 13.2. The third kappa shape index (κ3) is 2.23. The van der Waals surface area contributed by atoms with Crippen LogP contribution < -0.4 is 0 Å². The smallest absolute Gasteiger partial charge is 0.0456 e. The largest absolute Gasteiger partial charge is 0.361 e. The molecule has 15 heavy (non-hydrogen) atoms. The molecule has 0 bridgehead atoms. The van der Waals surface area contributed by atoms with Crippen LogP contribution >= 0.6 is 0 Å². The summed E-state index contributed by atoms with van der Waals surface area (Å²) in [6.07, 6.45) is 5.83. The molecule has 0 fully saturated rings. The molecule has 1 heterocycles. The molecule has 0 aliphatic heterocycles. The Morgan fingerprint density at radius 2 is 2.13 bits per heavy atom. The first-order chi connectivity index (χ1) is 7.31. The average Bonchev–Trinajstić information content (AvgIpc) is 2.67. The molecule has 1 unspecified atom stereocenters. The van der Waals surface area contributed by atoms with Gasteiger partial charge in [0.1, 0.15) is 0 Å². The van der Waals surface area contributed by atoms with Gasteiger partial charge in [0.05, 0.1) is 0 Å². The lowest BCUT2D eigenvalue weighted by atomic mass is 9.95. The van der Waals surface area contributed by atoms with Crippen molar-refractivity contribution >= 4 is 10.9 Å². The zero-order chi connectivity index (χ0) is 10.7. The topological polar surface area (TPSA) is 15.8 Å². The van der Waals surface area contributed by atoms with Crippen LogP contribution in [0.5, 0.6) is 0 Å². The van der Waals surface area contributed by atoms with Gasteiger partial charge in [-0.2, -0.15) is 0 Å². The van der Waals surface area contributed by atoms with Gasteiger partial charge in [-0.15, -0.1) is 0 Å². The van der Waals surface area contributed by atoms with Crippen molar-refractivity contribution < 1.29 is 0 Å². The molecule has 0 aliphatic carbocycles. The van der Waals surface area contributed by atoms with E-state index in [0.717, 1.165) is 5.92 Å². The first-order valence-corrected chi connectivity index (χ1v) is 5.86. The maximum atomic E-state index is 3.27. The maximum Gasteiger partial charge on any atom is 0.0456 e. The fourth-order valence-corrected chi connectivity index (χ4v) is 2.30. The molecule has 80 valence electrons. The van der Waals surface area contributed by atoms with Crippen LogP contribution in [0.4, 0.5) is 0 Å². The Labute approximate surface area is 91.5 Å². The van der Waals surface area contributed by atoms with E-state index in [1.165, 1.54) is 35.7 Å². The molecule has 0 radical (unpaired) electrons. The van der Waals surface area contributed by atoms with Gasteiger partial charge in [-0.1, -0.05) is 38.8 Å². The number of H-pyrrole nitrogens is 1. The molecule has 0 saturated heterocycles. The summed E-state index contributed by atoms with van der Waals surface area (Å²) >= 11 is 0. The zero-order valence-corrected chi connectivity index (χ0v) is 9.59. The molecular formula is C14H19N. The predicted molar refractivity (Wildman–Crippen MR) is 66.1 cm³/mol. The number of fused-ring (bicyclic) bond motifs is 1. The van der Waals surface area contributed by atoms with E-state index in [4.69, 9.17) is 0 Å². The average molecular weight is 201 g/mol. The number of aromatic nitrogens is 1. The first kappa shape index (κ1) is 10.3. The van der Waals surface area contributed by atoms with Gasteiger partial charge in [-0.05, 0) is 30.0 Å². The van der Waals surface area contributed by atoms with E-state index in [1.54, 1.807) is 0 Å². The first-order valence-electron chi connectivity index (χ1n) is 5.86. The predicted octanol–water partition coefficient (Wildman–Crippen LogP) is 4.15. The van der Waals surface area contributed by atoms with E-state index in [-0.39, 0.29) is 0 Å². The molecule has 1 N–H and O–H groups in total. The lowest BCUT2D eigenvalue weighted by Crippen LogP contribution is -1.99. The maximum absolute atomic E-state index is 3.27. The number of nitrogens with one attached hydrogen (secondary N) is 1. The standard InChI is InChI=1S/C14H19N/c1-3-5-11(2)10-12-6-4-7-14-13(12)8-9-15-14/h4,6-9,11,15H,3,5,10H2,1-2H3. The molecule has 2 aromatic rings. The van der Waals surface area contributed by atoms with E-state index < -0.39 is 0 Å². The summed E-state index contributed by atoms with van der Waals surface area (Å²) < 4.78 is 0. The summed E-state index contributed by atoms with van der Waals surface area (Å²) in [6.45, 7) is 4.60. The molecule has 2 rings (SSSR count). The van der Waals surface area contributed by atoms with Crippen LogP contribution in [0.3, 0.4) is 0 Å². The molecule has 1 heteroatoms. The Morgan fingerprint density at radius 1 is 1.27 bits per heavy atom. The van der Waals surface area contributed by atoms with Crippen LogP contribution in [-0.2, 0) is 6.42 Å². The van der Waals surface area contributed by atoms with Crippen LogP contribution in [0.15, 0.2) is 30.5 Å². The number of benzene rings is 1. The molecule has 1 nitrogen and oxygen atoms in total. The van der Waals surface area contributed by atoms with Gasteiger partial charge < -0.3 is 4.98 Å².